The van der Waals surface area contributed by atoms with Crippen molar-refractivity contribution in [3.63, 3.8) is 0 Å². The summed E-state index contributed by atoms with van der Waals surface area (Å²) in [5, 5.41) is 5.81. The standard InChI is InChI=1S/C26H29N3O5S/c1-2-24(30)28-25-14-19-15-29(16-23(19)34-25)35(32,33)20-12-10-18(11-13-20)26(31)27-22-9-5-7-17-6-3-4-8-21(17)22/h2-4,6,8,10-13,19,22-23,25H,1,5,7,9,14-16H2,(H,27,31)(H,28,30). The molecule has 2 heterocycles. The molecule has 2 amide bonds. The van der Waals surface area contributed by atoms with Crippen molar-refractivity contribution in [2.75, 3.05) is 13.1 Å². The zero-order chi connectivity index (χ0) is 24.6. The van der Waals surface area contributed by atoms with Crippen molar-refractivity contribution in [1.82, 2.24) is 14.9 Å². The SMILES string of the molecule is C=CC(=O)NC1CC2CN(S(=O)(=O)c3ccc(C(=O)NC4CCCc5ccccc54)cc3)CC2O1. The van der Waals surface area contributed by atoms with Gasteiger partial charge in [-0.3, -0.25) is 9.59 Å². The first-order chi connectivity index (χ1) is 16.8. The van der Waals surface area contributed by atoms with E-state index in [0.29, 0.717) is 18.5 Å². The van der Waals surface area contributed by atoms with Crippen molar-refractivity contribution in [3.05, 3.63) is 77.9 Å². The minimum atomic E-state index is -3.72. The Labute approximate surface area is 205 Å². The number of carbonyl (C=O) groups is 2. The van der Waals surface area contributed by atoms with Gasteiger partial charge in [-0.2, -0.15) is 4.31 Å². The Balaban J connectivity index is 1.22. The molecule has 0 spiro atoms. The van der Waals surface area contributed by atoms with Gasteiger partial charge in [0.2, 0.25) is 15.9 Å². The highest BCUT2D eigenvalue weighted by Gasteiger charge is 2.46. The fourth-order valence-corrected chi connectivity index (χ4v) is 6.81. The third kappa shape index (κ3) is 4.76. The molecule has 2 N–H and O–H groups in total. The summed E-state index contributed by atoms with van der Waals surface area (Å²) in [6, 6.07) is 14.2. The average Bonchev–Trinajstić information content (AvgIpc) is 3.43. The average molecular weight is 496 g/mol. The van der Waals surface area contributed by atoms with Crippen LogP contribution in [0.25, 0.3) is 0 Å². The number of nitrogens with one attached hydrogen (secondary N) is 2. The summed E-state index contributed by atoms with van der Waals surface area (Å²) in [4.78, 5) is 24.5. The number of sulfonamides is 1. The first-order valence-corrected chi connectivity index (χ1v) is 13.4. The van der Waals surface area contributed by atoms with Gasteiger partial charge in [-0.25, -0.2) is 8.42 Å². The Bertz CT molecular complexity index is 1230. The largest absolute Gasteiger partial charge is 0.354 e. The molecule has 4 unspecified atom stereocenters. The number of amides is 2. The Kier molecular flexibility index (Phi) is 6.48. The third-order valence-corrected chi connectivity index (χ3v) is 8.97. The van der Waals surface area contributed by atoms with Gasteiger partial charge in [0.25, 0.3) is 5.91 Å². The third-order valence-electron chi connectivity index (χ3n) is 7.12. The molecular formula is C26H29N3O5S. The molecule has 0 radical (unpaired) electrons. The van der Waals surface area contributed by atoms with Crippen molar-refractivity contribution >= 4 is 21.8 Å². The van der Waals surface area contributed by atoms with Crippen molar-refractivity contribution in [1.29, 1.82) is 0 Å². The molecule has 0 saturated carbocycles. The molecule has 5 rings (SSSR count). The molecule has 2 saturated heterocycles. The molecule has 1 aliphatic carbocycles. The van der Waals surface area contributed by atoms with Gasteiger partial charge in [0.05, 0.1) is 17.0 Å². The Morgan fingerprint density at radius 3 is 2.57 bits per heavy atom. The summed E-state index contributed by atoms with van der Waals surface area (Å²) in [5.74, 6) is -0.507. The van der Waals surface area contributed by atoms with Crippen LogP contribution in [0.2, 0.25) is 0 Å². The summed E-state index contributed by atoms with van der Waals surface area (Å²) in [7, 11) is -3.72. The van der Waals surface area contributed by atoms with Crippen LogP contribution >= 0.6 is 0 Å². The van der Waals surface area contributed by atoms with Crippen LogP contribution in [0.1, 0.15) is 46.8 Å². The van der Waals surface area contributed by atoms with Gasteiger partial charge < -0.3 is 15.4 Å². The fourth-order valence-electron chi connectivity index (χ4n) is 5.31. The summed E-state index contributed by atoms with van der Waals surface area (Å²) >= 11 is 0. The van der Waals surface area contributed by atoms with Gasteiger partial charge in [-0.15, -0.1) is 0 Å². The summed E-state index contributed by atoms with van der Waals surface area (Å²) in [6.45, 7) is 3.99. The topological polar surface area (TPSA) is 105 Å². The summed E-state index contributed by atoms with van der Waals surface area (Å²) in [5.41, 5.74) is 2.84. The lowest BCUT2D eigenvalue weighted by Gasteiger charge is -2.26. The van der Waals surface area contributed by atoms with Crippen LogP contribution in [-0.4, -0.2) is 50.0 Å². The Hall–Kier alpha value is -3.01. The van der Waals surface area contributed by atoms with Crippen LogP contribution in [0.15, 0.2) is 66.1 Å². The van der Waals surface area contributed by atoms with Crippen molar-refractivity contribution in [2.24, 2.45) is 5.92 Å². The first kappa shape index (κ1) is 23.7. The maximum absolute atomic E-state index is 13.2. The number of nitrogens with zero attached hydrogens (tertiary/aromatic N) is 1. The molecule has 2 aromatic rings. The van der Waals surface area contributed by atoms with Gasteiger partial charge >= 0.3 is 0 Å². The number of benzene rings is 2. The number of rotatable bonds is 6. The maximum Gasteiger partial charge on any atom is 0.251 e. The first-order valence-electron chi connectivity index (χ1n) is 11.9. The Morgan fingerprint density at radius 1 is 1.06 bits per heavy atom. The monoisotopic (exact) mass is 495 g/mol. The van der Waals surface area contributed by atoms with Gasteiger partial charge in [-0.1, -0.05) is 30.8 Å². The number of carbonyl (C=O) groups excluding carboxylic acids is 2. The van der Waals surface area contributed by atoms with E-state index < -0.39 is 16.3 Å². The van der Waals surface area contributed by atoms with E-state index in [2.05, 4.69) is 29.3 Å². The second-order valence-electron chi connectivity index (χ2n) is 9.34. The van der Waals surface area contributed by atoms with E-state index in [4.69, 9.17) is 4.74 Å². The lowest BCUT2D eigenvalue weighted by molar-refractivity contribution is -0.120. The molecule has 2 fully saturated rings. The number of hydrogen-bond donors (Lipinski definition) is 2. The summed E-state index contributed by atoms with van der Waals surface area (Å²) in [6.07, 6.45) is 3.97. The van der Waals surface area contributed by atoms with Crippen molar-refractivity contribution < 1.29 is 22.7 Å². The molecule has 0 bridgehead atoms. The number of fused-ring (bicyclic) bond motifs is 2. The maximum atomic E-state index is 13.2. The molecule has 2 aromatic carbocycles. The minimum absolute atomic E-state index is 0.0170. The second kappa shape index (κ2) is 9.56. The molecule has 184 valence electrons. The zero-order valence-electron chi connectivity index (χ0n) is 19.4. The van der Waals surface area contributed by atoms with E-state index in [9.17, 15) is 18.0 Å². The van der Waals surface area contributed by atoms with E-state index in [1.807, 2.05) is 12.1 Å². The van der Waals surface area contributed by atoms with Crippen LogP contribution in [0, 0.1) is 5.92 Å². The van der Waals surface area contributed by atoms with E-state index in [0.717, 1.165) is 24.8 Å². The van der Waals surface area contributed by atoms with Gasteiger partial charge in [0.1, 0.15) is 6.23 Å². The number of ether oxygens (including phenoxy) is 1. The fraction of sp³-hybridized carbons (Fsp3) is 0.385. The van der Waals surface area contributed by atoms with Crippen LogP contribution in [0.5, 0.6) is 0 Å². The van der Waals surface area contributed by atoms with Gasteiger partial charge in [0.15, 0.2) is 0 Å². The van der Waals surface area contributed by atoms with Gasteiger partial charge in [-0.05, 0) is 67.2 Å². The highest BCUT2D eigenvalue weighted by molar-refractivity contribution is 7.89. The summed E-state index contributed by atoms with van der Waals surface area (Å²) < 4.78 is 33.6. The van der Waals surface area contributed by atoms with E-state index in [1.54, 1.807) is 12.1 Å². The second-order valence-corrected chi connectivity index (χ2v) is 11.3. The van der Waals surface area contributed by atoms with E-state index in [1.165, 1.54) is 28.1 Å². The predicted octanol–water partition coefficient (Wildman–Crippen LogP) is 2.53. The van der Waals surface area contributed by atoms with Crippen LogP contribution < -0.4 is 10.6 Å². The quantitative estimate of drug-likeness (QED) is 0.600. The number of hydrogen-bond acceptors (Lipinski definition) is 5. The van der Waals surface area contributed by atoms with Crippen LogP contribution in [0.3, 0.4) is 0 Å². The minimum Gasteiger partial charge on any atom is -0.354 e. The normalized spacial score (nSPS) is 25.9. The molecule has 0 aromatic heterocycles. The lowest BCUT2D eigenvalue weighted by Crippen LogP contribution is -2.37. The van der Waals surface area contributed by atoms with Crippen LogP contribution in [0.4, 0.5) is 0 Å². The van der Waals surface area contributed by atoms with Crippen molar-refractivity contribution in [3.8, 4) is 0 Å². The molecule has 8 nitrogen and oxygen atoms in total. The molecular weight excluding hydrogens is 466 g/mol. The van der Waals surface area contributed by atoms with Gasteiger partial charge in [0, 0.05) is 24.6 Å². The number of aryl methyl sites for hydroxylation is 1. The Morgan fingerprint density at radius 2 is 1.83 bits per heavy atom. The predicted molar refractivity (Wildman–Crippen MR) is 130 cm³/mol. The molecule has 9 heteroatoms. The zero-order valence-corrected chi connectivity index (χ0v) is 20.2. The molecule has 2 aliphatic heterocycles. The van der Waals surface area contributed by atoms with E-state index >= 15 is 0 Å². The molecule has 3 aliphatic rings. The smallest absolute Gasteiger partial charge is 0.251 e. The molecule has 35 heavy (non-hydrogen) atoms. The highest BCUT2D eigenvalue weighted by Crippen LogP contribution is 2.35. The van der Waals surface area contributed by atoms with E-state index in [-0.39, 0.29) is 41.3 Å². The van der Waals surface area contributed by atoms with Crippen molar-refractivity contribution in [2.45, 2.75) is 49.0 Å². The lowest BCUT2D eigenvalue weighted by atomic mass is 9.87. The highest BCUT2D eigenvalue weighted by atomic mass is 32.2. The van der Waals surface area contributed by atoms with Crippen LogP contribution in [-0.2, 0) is 26.0 Å². The molecule has 4 atom stereocenters.